The third-order valence-corrected chi connectivity index (χ3v) is 4.06. The molecular weight excluding hydrogens is 244 g/mol. The highest BCUT2D eigenvalue weighted by molar-refractivity contribution is 5.34. The number of fused-ring (bicyclic) bond motifs is 1. The van der Waals surface area contributed by atoms with Crippen LogP contribution in [0.3, 0.4) is 0 Å². The second-order valence-electron chi connectivity index (χ2n) is 5.81. The van der Waals surface area contributed by atoms with Gasteiger partial charge in [-0.05, 0) is 41.8 Å². The minimum absolute atomic E-state index is 1.00. The van der Waals surface area contributed by atoms with Gasteiger partial charge in [-0.3, -0.25) is 4.90 Å². The Morgan fingerprint density at radius 3 is 2.65 bits per heavy atom. The third-order valence-electron chi connectivity index (χ3n) is 4.06. The van der Waals surface area contributed by atoms with E-state index in [9.17, 15) is 0 Å². The summed E-state index contributed by atoms with van der Waals surface area (Å²) in [6.45, 7) is 6.23. The molecule has 0 aromatic heterocycles. The molecule has 1 heterocycles. The number of aryl methyl sites for hydroxylation is 1. The molecule has 2 nitrogen and oxygen atoms in total. The fraction of sp³-hybridized carbons (Fsp3) is 0.333. The molecule has 3 rings (SSSR count). The van der Waals surface area contributed by atoms with E-state index in [0.29, 0.717) is 0 Å². The van der Waals surface area contributed by atoms with Crippen LogP contribution in [-0.2, 0) is 26.2 Å². The van der Waals surface area contributed by atoms with Crippen LogP contribution in [0.5, 0.6) is 0 Å². The summed E-state index contributed by atoms with van der Waals surface area (Å²) < 4.78 is 0. The van der Waals surface area contributed by atoms with Gasteiger partial charge in [0.1, 0.15) is 0 Å². The van der Waals surface area contributed by atoms with Crippen LogP contribution in [0.25, 0.3) is 0 Å². The molecule has 0 unspecified atom stereocenters. The van der Waals surface area contributed by atoms with Crippen molar-refractivity contribution in [3.05, 3.63) is 70.3 Å². The summed E-state index contributed by atoms with van der Waals surface area (Å²) in [5, 5.41) is 3.40. The average Bonchev–Trinajstić information content (AvgIpc) is 2.89. The van der Waals surface area contributed by atoms with E-state index in [0.717, 1.165) is 26.2 Å². The number of nitrogens with one attached hydrogen (secondary N) is 1. The highest BCUT2D eigenvalue weighted by Gasteiger charge is 2.11. The summed E-state index contributed by atoms with van der Waals surface area (Å²) >= 11 is 0. The summed E-state index contributed by atoms with van der Waals surface area (Å²) in [6, 6.07) is 15.5. The van der Waals surface area contributed by atoms with Gasteiger partial charge in [0.25, 0.3) is 0 Å². The first-order valence-corrected chi connectivity index (χ1v) is 7.27. The fourth-order valence-corrected chi connectivity index (χ4v) is 2.89. The first kappa shape index (κ1) is 13.3. The zero-order chi connectivity index (χ0) is 13.9. The largest absolute Gasteiger partial charge is 0.309 e. The fourth-order valence-electron chi connectivity index (χ4n) is 2.89. The standard InChI is InChI=1S/C18H22N2/c1-14-5-3-4-6-17(14)13-20(2)12-15-7-8-16-10-19-11-18(16)9-15/h3-9,19H,10-13H2,1-2H3. The van der Waals surface area contributed by atoms with Gasteiger partial charge in [-0.15, -0.1) is 0 Å². The molecule has 0 bridgehead atoms. The van der Waals surface area contributed by atoms with E-state index in [2.05, 4.69) is 66.7 Å². The van der Waals surface area contributed by atoms with E-state index >= 15 is 0 Å². The number of rotatable bonds is 4. The van der Waals surface area contributed by atoms with Crippen molar-refractivity contribution in [3.63, 3.8) is 0 Å². The second kappa shape index (κ2) is 5.78. The lowest BCUT2D eigenvalue weighted by atomic mass is 10.1. The lowest BCUT2D eigenvalue weighted by Crippen LogP contribution is -2.18. The van der Waals surface area contributed by atoms with E-state index in [4.69, 9.17) is 0 Å². The Kier molecular flexibility index (Phi) is 3.86. The van der Waals surface area contributed by atoms with Crippen molar-refractivity contribution in [1.82, 2.24) is 10.2 Å². The number of benzene rings is 2. The Bertz CT molecular complexity index is 604. The number of nitrogens with zero attached hydrogens (tertiary/aromatic N) is 1. The van der Waals surface area contributed by atoms with Crippen LogP contribution in [0.15, 0.2) is 42.5 Å². The maximum atomic E-state index is 3.40. The Labute approximate surface area is 121 Å². The Morgan fingerprint density at radius 1 is 1.00 bits per heavy atom. The summed E-state index contributed by atoms with van der Waals surface area (Å²) in [7, 11) is 2.19. The van der Waals surface area contributed by atoms with Crippen LogP contribution in [0.4, 0.5) is 0 Å². The highest BCUT2D eigenvalue weighted by Crippen LogP contribution is 2.18. The van der Waals surface area contributed by atoms with Crippen molar-refractivity contribution >= 4 is 0 Å². The molecule has 0 spiro atoms. The van der Waals surface area contributed by atoms with Crippen molar-refractivity contribution in [3.8, 4) is 0 Å². The van der Waals surface area contributed by atoms with E-state index in [1.807, 2.05) is 0 Å². The minimum atomic E-state index is 1.00. The molecule has 0 aliphatic carbocycles. The Morgan fingerprint density at radius 2 is 1.80 bits per heavy atom. The van der Waals surface area contributed by atoms with Crippen molar-refractivity contribution in [2.45, 2.75) is 33.1 Å². The SMILES string of the molecule is Cc1ccccc1CN(C)Cc1ccc2c(c1)CNC2. The molecular formula is C18H22N2. The van der Waals surface area contributed by atoms with Crippen LogP contribution in [0.2, 0.25) is 0 Å². The van der Waals surface area contributed by atoms with Crippen LogP contribution in [0.1, 0.15) is 27.8 Å². The normalized spacial score (nSPS) is 13.8. The van der Waals surface area contributed by atoms with Crippen LogP contribution >= 0.6 is 0 Å². The van der Waals surface area contributed by atoms with Crippen molar-refractivity contribution in [1.29, 1.82) is 0 Å². The number of hydrogen-bond acceptors (Lipinski definition) is 2. The summed E-state index contributed by atoms with van der Waals surface area (Å²) in [5.41, 5.74) is 7.11. The summed E-state index contributed by atoms with van der Waals surface area (Å²) in [6.07, 6.45) is 0. The maximum Gasteiger partial charge on any atom is 0.0236 e. The van der Waals surface area contributed by atoms with Gasteiger partial charge >= 0.3 is 0 Å². The van der Waals surface area contributed by atoms with Crippen molar-refractivity contribution < 1.29 is 0 Å². The quantitative estimate of drug-likeness (QED) is 0.914. The summed E-state index contributed by atoms with van der Waals surface area (Å²) in [5.74, 6) is 0. The van der Waals surface area contributed by atoms with Crippen LogP contribution in [0, 0.1) is 6.92 Å². The molecule has 2 aromatic rings. The predicted octanol–water partition coefficient (Wildman–Crippen LogP) is 3.23. The molecule has 0 atom stereocenters. The van der Waals surface area contributed by atoms with E-state index in [-0.39, 0.29) is 0 Å². The van der Waals surface area contributed by atoms with E-state index in [1.54, 1.807) is 0 Å². The van der Waals surface area contributed by atoms with Gasteiger partial charge in [0.2, 0.25) is 0 Å². The molecule has 0 saturated carbocycles. The van der Waals surface area contributed by atoms with Crippen molar-refractivity contribution in [2.75, 3.05) is 7.05 Å². The molecule has 0 saturated heterocycles. The molecule has 0 amide bonds. The Balaban J connectivity index is 1.67. The first-order valence-electron chi connectivity index (χ1n) is 7.27. The van der Waals surface area contributed by atoms with Gasteiger partial charge in [-0.2, -0.15) is 0 Å². The monoisotopic (exact) mass is 266 g/mol. The second-order valence-corrected chi connectivity index (χ2v) is 5.81. The molecule has 2 heteroatoms. The van der Waals surface area contributed by atoms with Gasteiger partial charge in [0, 0.05) is 26.2 Å². The van der Waals surface area contributed by atoms with Gasteiger partial charge in [-0.25, -0.2) is 0 Å². The first-order chi connectivity index (χ1) is 9.72. The molecule has 104 valence electrons. The molecule has 2 aromatic carbocycles. The maximum absolute atomic E-state index is 3.40. The topological polar surface area (TPSA) is 15.3 Å². The molecule has 0 fully saturated rings. The van der Waals surface area contributed by atoms with Gasteiger partial charge < -0.3 is 5.32 Å². The summed E-state index contributed by atoms with van der Waals surface area (Å²) in [4.78, 5) is 2.38. The smallest absolute Gasteiger partial charge is 0.0236 e. The third kappa shape index (κ3) is 2.92. The molecule has 1 aliphatic heterocycles. The molecule has 1 aliphatic rings. The molecule has 0 radical (unpaired) electrons. The van der Waals surface area contributed by atoms with Gasteiger partial charge in [-0.1, -0.05) is 42.5 Å². The lowest BCUT2D eigenvalue weighted by Gasteiger charge is -2.18. The van der Waals surface area contributed by atoms with E-state index in [1.165, 1.54) is 27.8 Å². The number of hydrogen-bond donors (Lipinski definition) is 1. The van der Waals surface area contributed by atoms with Crippen LogP contribution < -0.4 is 5.32 Å². The zero-order valence-corrected chi connectivity index (χ0v) is 12.3. The average molecular weight is 266 g/mol. The van der Waals surface area contributed by atoms with Crippen molar-refractivity contribution in [2.24, 2.45) is 0 Å². The highest BCUT2D eigenvalue weighted by atomic mass is 15.1. The van der Waals surface area contributed by atoms with Gasteiger partial charge in [0.05, 0.1) is 0 Å². The Hall–Kier alpha value is -1.64. The molecule has 1 N–H and O–H groups in total. The van der Waals surface area contributed by atoms with Gasteiger partial charge in [0.15, 0.2) is 0 Å². The lowest BCUT2D eigenvalue weighted by molar-refractivity contribution is 0.318. The van der Waals surface area contributed by atoms with E-state index < -0.39 is 0 Å². The predicted molar refractivity (Wildman–Crippen MR) is 83.3 cm³/mol. The van der Waals surface area contributed by atoms with Crippen LogP contribution in [-0.4, -0.2) is 11.9 Å². The molecule has 20 heavy (non-hydrogen) atoms. The minimum Gasteiger partial charge on any atom is -0.309 e. The zero-order valence-electron chi connectivity index (χ0n) is 12.3.